The molecule has 3 rings (SSSR count). The zero-order valence-corrected chi connectivity index (χ0v) is 8.81. The van der Waals surface area contributed by atoms with Crippen molar-refractivity contribution in [3.63, 3.8) is 0 Å². The fraction of sp³-hybridized carbons (Fsp3) is 0.500. The van der Waals surface area contributed by atoms with E-state index in [9.17, 15) is 0 Å². The van der Waals surface area contributed by atoms with Crippen LogP contribution in [0.4, 0.5) is 0 Å². The first-order valence-corrected chi connectivity index (χ1v) is 5.47. The highest BCUT2D eigenvalue weighted by atomic mass is 16.5. The largest absolute Gasteiger partial charge is 0.332 e. The first kappa shape index (κ1) is 9.53. The Balaban J connectivity index is 1.82. The molecule has 0 radical (unpaired) electrons. The van der Waals surface area contributed by atoms with E-state index in [0.29, 0.717) is 11.8 Å². The molecule has 1 fully saturated rings. The van der Waals surface area contributed by atoms with Crippen LogP contribution in [0.2, 0.25) is 0 Å². The minimum Gasteiger partial charge on any atom is -0.332 e. The third kappa shape index (κ3) is 1.71. The Kier molecular flexibility index (Phi) is 2.41. The topological polar surface area (TPSA) is 79.6 Å². The molecule has 6 heteroatoms. The number of aromatic amines is 1. The van der Waals surface area contributed by atoms with Gasteiger partial charge in [0.15, 0.2) is 5.82 Å². The summed E-state index contributed by atoms with van der Waals surface area (Å²) in [5.74, 6) is 1.75. The minimum absolute atomic E-state index is 0.418. The molecule has 1 aliphatic heterocycles. The van der Waals surface area contributed by atoms with Crippen molar-refractivity contribution in [2.75, 3.05) is 13.1 Å². The maximum Gasteiger partial charge on any atom is 0.275 e. The van der Waals surface area contributed by atoms with Crippen molar-refractivity contribution < 1.29 is 4.52 Å². The average Bonchev–Trinajstić information content (AvgIpc) is 3.01. The molecule has 16 heavy (non-hydrogen) atoms. The Labute approximate surface area is 92.4 Å². The highest BCUT2D eigenvalue weighted by molar-refractivity contribution is 5.44. The van der Waals surface area contributed by atoms with Gasteiger partial charge in [-0.2, -0.15) is 10.1 Å². The molecule has 84 valence electrons. The third-order valence-electron chi connectivity index (χ3n) is 2.88. The summed E-state index contributed by atoms with van der Waals surface area (Å²) in [5.41, 5.74) is 0.771. The van der Waals surface area contributed by atoms with Crippen molar-refractivity contribution in [1.29, 1.82) is 0 Å². The van der Waals surface area contributed by atoms with Crippen LogP contribution in [0.3, 0.4) is 0 Å². The molecule has 0 unspecified atom stereocenters. The normalized spacial score (nSPS) is 17.8. The van der Waals surface area contributed by atoms with Gasteiger partial charge in [-0.25, -0.2) is 0 Å². The Morgan fingerprint density at radius 3 is 2.94 bits per heavy atom. The van der Waals surface area contributed by atoms with Gasteiger partial charge in [-0.1, -0.05) is 5.16 Å². The van der Waals surface area contributed by atoms with Gasteiger partial charge in [0.25, 0.3) is 5.89 Å². The second kappa shape index (κ2) is 4.05. The second-order valence-corrected chi connectivity index (χ2v) is 3.95. The Bertz CT molecular complexity index is 443. The molecular weight excluding hydrogens is 206 g/mol. The number of hydrogen-bond donors (Lipinski definition) is 2. The van der Waals surface area contributed by atoms with Gasteiger partial charge in [-0.15, -0.1) is 0 Å². The van der Waals surface area contributed by atoms with Crippen LogP contribution in [-0.2, 0) is 0 Å². The number of hydrogen-bond acceptors (Lipinski definition) is 5. The predicted octanol–water partition coefficient (Wildman–Crippen LogP) is 0.927. The summed E-state index contributed by atoms with van der Waals surface area (Å²) in [6, 6.07) is 1.82. The van der Waals surface area contributed by atoms with Gasteiger partial charge in [0.1, 0.15) is 5.69 Å². The molecule has 0 aromatic carbocycles. The fourth-order valence-electron chi connectivity index (χ4n) is 1.97. The van der Waals surface area contributed by atoms with E-state index >= 15 is 0 Å². The van der Waals surface area contributed by atoms with E-state index in [2.05, 4.69) is 25.7 Å². The van der Waals surface area contributed by atoms with Crippen LogP contribution in [0.25, 0.3) is 11.6 Å². The first-order valence-electron chi connectivity index (χ1n) is 5.47. The molecule has 2 aromatic heterocycles. The van der Waals surface area contributed by atoms with Crippen LogP contribution >= 0.6 is 0 Å². The number of aromatic nitrogens is 4. The molecule has 0 atom stereocenters. The molecule has 0 aliphatic carbocycles. The monoisotopic (exact) mass is 219 g/mol. The standard InChI is InChI=1S/C10H13N5O/c1-4-11-5-2-7(1)9-13-10(16-15-9)8-3-6-12-14-8/h3,6-7,11H,1-2,4-5H2,(H,12,14). The molecule has 0 amide bonds. The summed E-state index contributed by atoms with van der Waals surface area (Å²) in [6.45, 7) is 2.05. The van der Waals surface area contributed by atoms with Crippen LogP contribution in [0.5, 0.6) is 0 Å². The summed E-state index contributed by atoms with van der Waals surface area (Å²) in [7, 11) is 0. The summed E-state index contributed by atoms with van der Waals surface area (Å²) < 4.78 is 5.21. The number of rotatable bonds is 2. The lowest BCUT2D eigenvalue weighted by Crippen LogP contribution is -2.27. The molecular formula is C10H13N5O. The molecule has 2 aromatic rings. The molecule has 0 spiro atoms. The van der Waals surface area contributed by atoms with Crippen molar-refractivity contribution >= 4 is 0 Å². The molecule has 1 saturated heterocycles. The van der Waals surface area contributed by atoms with Gasteiger partial charge in [0, 0.05) is 12.1 Å². The lowest BCUT2D eigenvalue weighted by atomic mass is 9.98. The maximum absolute atomic E-state index is 5.21. The van der Waals surface area contributed by atoms with E-state index in [-0.39, 0.29) is 0 Å². The van der Waals surface area contributed by atoms with E-state index in [1.807, 2.05) is 6.07 Å². The lowest BCUT2D eigenvalue weighted by Gasteiger charge is -2.18. The summed E-state index contributed by atoms with van der Waals surface area (Å²) in [4.78, 5) is 4.40. The summed E-state index contributed by atoms with van der Waals surface area (Å²) >= 11 is 0. The Hall–Kier alpha value is -1.69. The van der Waals surface area contributed by atoms with Gasteiger partial charge < -0.3 is 9.84 Å². The minimum atomic E-state index is 0.418. The van der Waals surface area contributed by atoms with Crippen molar-refractivity contribution in [2.24, 2.45) is 0 Å². The van der Waals surface area contributed by atoms with Crippen molar-refractivity contribution in [2.45, 2.75) is 18.8 Å². The van der Waals surface area contributed by atoms with Gasteiger partial charge in [0.2, 0.25) is 0 Å². The number of nitrogens with one attached hydrogen (secondary N) is 2. The van der Waals surface area contributed by atoms with E-state index < -0.39 is 0 Å². The lowest BCUT2D eigenvalue weighted by molar-refractivity contribution is 0.391. The highest BCUT2D eigenvalue weighted by Crippen LogP contribution is 2.24. The van der Waals surface area contributed by atoms with Crippen molar-refractivity contribution in [3.8, 4) is 11.6 Å². The molecule has 0 bridgehead atoms. The van der Waals surface area contributed by atoms with Crippen LogP contribution in [-0.4, -0.2) is 33.4 Å². The fourth-order valence-corrected chi connectivity index (χ4v) is 1.97. The van der Waals surface area contributed by atoms with Crippen molar-refractivity contribution in [3.05, 3.63) is 18.1 Å². The number of H-pyrrole nitrogens is 1. The number of piperidine rings is 1. The van der Waals surface area contributed by atoms with Gasteiger partial charge in [0.05, 0.1) is 0 Å². The van der Waals surface area contributed by atoms with Gasteiger partial charge in [-0.3, -0.25) is 5.10 Å². The Morgan fingerprint density at radius 1 is 1.31 bits per heavy atom. The maximum atomic E-state index is 5.21. The van der Waals surface area contributed by atoms with Crippen LogP contribution in [0.1, 0.15) is 24.6 Å². The molecule has 0 saturated carbocycles. The van der Waals surface area contributed by atoms with E-state index in [1.54, 1.807) is 6.20 Å². The molecule has 1 aliphatic rings. The van der Waals surface area contributed by atoms with Crippen LogP contribution < -0.4 is 5.32 Å². The molecule has 2 N–H and O–H groups in total. The van der Waals surface area contributed by atoms with E-state index in [4.69, 9.17) is 4.52 Å². The van der Waals surface area contributed by atoms with Crippen molar-refractivity contribution in [1.82, 2.24) is 25.7 Å². The number of nitrogens with zero attached hydrogens (tertiary/aromatic N) is 3. The van der Waals surface area contributed by atoms with Crippen LogP contribution in [0, 0.1) is 0 Å². The van der Waals surface area contributed by atoms with E-state index in [1.165, 1.54) is 0 Å². The molecule has 3 heterocycles. The smallest absolute Gasteiger partial charge is 0.275 e. The first-order chi connectivity index (χ1) is 7.93. The SMILES string of the molecule is c1cc(-c2nc(C3CCNCC3)no2)[nH]n1. The summed E-state index contributed by atoms with van der Waals surface area (Å²) in [6.07, 6.45) is 3.81. The second-order valence-electron chi connectivity index (χ2n) is 3.95. The summed E-state index contributed by atoms with van der Waals surface area (Å²) in [5, 5.41) is 14.0. The van der Waals surface area contributed by atoms with E-state index in [0.717, 1.165) is 37.4 Å². The quantitative estimate of drug-likeness (QED) is 0.785. The van der Waals surface area contributed by atoms with Crippen LogP contribution in [0.15, 0.2) is 16.8 Å². The van der Waals surface area contributed by atoms with Gasteiger partial charge >= 0.3 is 0 Å². The highest BCUT2D eigenvalue weighted by Gasteiger charge is 2.21. The molecule has 6 nitrogen and oxygen atoms in total. The zero-order valence-electron chi connectivity index (χ0n) is 8.81. The Morgan fingerprint density at radius 2 is 2.19 bits per heavy atom. The average molecular weight is 219 g/mol. The zero-order chi connectivity index (χ0) is 10.8. The van der Waals surface area contributed by atoms with Gasteiger partial charge in [-0.05, 0) is 32.0 Å². The third-order valence-corrected chi connectivity index (χ3v) is 2.88. The predicted molar refractivity (Wildman–Crippen MR) is 56.7 cm³/mol.